The number of H-pyrrole nitrogens is 1. The number of non-ortho nitro benzene ring substituents is 1. The van der Waals surface area contributed by atoms with Gasteiger partial charge in [-0.25, -0.2) is 0 Å². The van der Waals surface area contributed by atoms with Crippen LogP contribution < -0.4 is 0 Å². The minimum atomic E-state index is -0.442. The maximum absolute atomic E-state index is 11.6. The number of benzene rings is 2. The molecule has 0 aliphatic heterocycles. The molecule has 0 fully saturated rings. The number of aromatic nitrogens is 1. The summed E-state index contributed by atoms with van der Waals surface area (Å²) in [6.45, 7) is 3.94. The smallest absolute Gasteiger partial charge is 0.270 e. The van der Waals surface area contributed by atoms with Crippen molar-refractivity contribution in [3.63, 3.8) is 0 Å². The van der Waals surface area contributed by atoms with Gasteiger partial charge in [-0.2, -0.15) is 0 Å². The van der Waals surface area contributed by atoms with Crippen LogP contribution in [0.2, 0.25) is 0 Å². The van der Waals surface area contributed by atoms with Crippen LogP contribution in [0.25, 0.3) is 22.2 Å². The lowest BCUT2D eigenvalue weighted by molar-refractivity contribution is -0.384. The number of nitro groups is 1. The number of carbonyl (C=O) groups excluding carboxylic acids is 1. The molecule has 1 N–H and O–H groups in total. The van der Waals surface area contributed by atoms with E-state index >= 15 is 0 Å². The minimum Gasteiger partial charge on any atom is -0.354 e. The fourth-order valence-electron chi connectivity index (χ4n) is 2.87. The summed E-state index contributed by atoms with van der Waals surface area (Å²) in [6, 6.07) is 10.3. The number of nitrogens with zero attached hydrogens (tertiary/aromatic N) is 1. The first-order valence-electron chi connectivity index (χ1n) is 6.84. The lowest BCUT2D eigenvalue weighted by Crippen LogP contribution is -1.90. The first-order chi connectivity index (χ1) is 10.5. The van der Waals surface area contributed by atoms with Crippen molar-refractivity contribution < 1.29 is 9.72 Å². The van der Waals surface area contributed by atoms with Gasteiger partial charge in [0, 0.05) is 34.2 Å². The highest BCUT2D eigenvalue weighted by Crippen LogP contribution is 2.33. The Balaban J connectivity index is 2.31. The van der Waals surface area contributed by atoms with Crippen LogP contribution in [-0.4, -0.2) is 16.2 Å². The molecule has 1 aromatic heterocycles. The van der Waals surface area contributed by atoms with Gasteiger partial charge in [0.25, 0.3) is 5.69 Å². The summed E-state index contributed by atoms with van der Waals surface area (Å²) in [5, 5.41) is 11.8. The molecule has 0 unspecified atom stereocenters. The first-order valence-corrected chi connectivity index (χ1v) is 6.84. The zero-order valence-corrected chi connectivity index (χ0v) is 12.2. The lowest BCUT2D eigenvalue weighted by Gasteiger charge is -2.01. The SMILES string of the molecule is Cc1cc(C)c2c(C=O)c(-c3cccc([N+](=O)[O-])c3)[nH]c2c1. The molecule has 5 nitrogen and oxygen atoms in total. The van der Waals surface area contributed by atoms with Crippen LogP contribution in [0.5, 0.6) is 0 Å². The Kier molecular flexibility index (Phi) is 3.25. The molecule has 22 heavy (non-hydrogen) atoms. The first kappa shape index (κ1) is 14.0. The lowest BCUT2D eigenvalue weighted by atomic mass is 10.0. The van der Waals surface area contributed by atoms with Gasteiger partial charge < -0.3 is 4.98 Å². The summed E-state index contributed by atoms with van der Waals surface area (Å²) >= 11 is 0. The number of carbonyl (C=O) groups is 1. The number of hydrogen-bond donors (Lipinski definition) is 1. The van der Waals surface area contributed by atoms with Crippen LogP contribution in [0.1, 0.15) is 21.5 Å². The highest BCUT2D eigenvalue weighted by molar-refractivity contribution is 6.06. The Labute approximate surface area is 126 Å². The zero-order chi connectivity index (χ0) is 15.9. The predicted molar refractivity (Wildman–Crippen MR) is 85.3 cm³/mol. The van der Waals surface area contributed by atoms with Gasteiger partial charge in [0.2, 0.25) is 0 Å². The number of hydrogen-bond acceptors (Lipinski definition) is 3. The number of rotatable bonds is 3. The van der Waals surface area contributed by atoms with E-state index in [-0.39, 0.29) is 5.69 Å². The van der Waals surface area contributed by atoms with Crippen LogP contribution in [-0.2, 0) is 0 Å². The highest BCUT2D eigenvalue weighted by Gasteiger charge is 2.16. The van der Waals surface area contributed by atoms with Crippen molar-refractivity contribution in [3.8, 4) is 11.3 Å². The fourth-order valence-corrected chi connectivity index (χ4v) is 2.87. The Morgan fingerprint density at radius 3 is 2.64 bits per heavy atom. The van der Waals surface area contributed by atoms with Crippen molar-refractivity contribution in [2.75, 3.05) is 0 Å². The Morgan fingerprint density at radius 1 is 1.18 bits per heavy atom. The molecule has 0 spiro atoms. The van der Waals surface area contributed by atoms with Crippen molar-refractivity contribution in [2.24, 2.45) is 0 Å². The molecule has 0 amide bonds. The standard InChI is InChI=1S/C17H14N2O3/c1-10-6-11(2)16-14(9-20)17(18-15(16)7-10)12-4-3-5-13(8-12)19(21)22/h3-9,18H,1-2H3. The van der Waals surface area contributed by atoms with Gasteiger partial charge in [-0.05, 0) is 31.0 Å². The van der Waals surface area contributed by atoms with E-state index in [0.29, 0.717) is 16.8 Å². The maximum Gasteiger partial charge on any atom is 0.270 e. The van der Waals surface area contributed by atoms with Crippen LogP contribution in [0, 0.1) is 24.0 Å². The summed E-state index contributed by atoms with van der Waals surface area (Å²) in [5.41, 5.74) is 4.74. The van der Waals surface area contributed by atoms with Crippen molar-refractivity contribution in [2.45, 2.75) is 13.8 Å². The molecule has 2 aromatic carbocycles. The third kappa shape index (κ3) is 2.16. The molecular weight excluding hydrogens is 280 g/mol. The molecule has 0 aliphatic rings. The van der Waals surface area contributed by atoms with E-state index in [9.17, 15) is 14.9 Å². The zero-order valence-electron chi connectivity index (χ0n) is 12.2. The van der Waals surface area contributed by atoms with Gasteiger partial charge in [0.05, 0.1) is 10.6 Å². The Bertz CT molecular complexity index is 910. The van der Waals surface area contributed by atoms with Crippen LogP contribution in [0.4, 0.5) is 5.69 Å². The van der Waals surface area contributed by atoms with Crippen molar-refractivity contribution >= 4 is 22.9 Å². The van der Waals surface area contributed by atoms with Crippen molar-refractivity contribution in [3.05, 3.63) is 63.2 Å². The number of fused-ring (bicyclic) bond motifs is 1. The second kappa shape index (κ2) is 5.11. The molecule has 0 atom stereocenters. The molecular formula is C17H14N2O3. The molecule has 0 bridgehead atoms. The quantitative estimate of drug-likeness (QED) is 0.447. The molecule has 1 heterocycles. The van der Waals surface area contributed by atoms with E-state index < -0.39 is 4.92 Å². The number of aromatic amines is 1. The van der Waals surface area contributed by atoms with Crippen LogP contribution in [0.3, 0.4) is 0 Å². The number of aldehydes is 1. The molecule has 3 aromatic rings. The average Bonchev–Trinajstić information content (AvgIpc) is 2.86. The molecule has 0 aliphatic carbocycles. The summed E-state index contributed by atoms with van der Waals surface area (Å²) in [7, 11) is 0. The van der Waals surface area contributed by atoms with Gasteiger partial charge in [-0.15, -0.1) is 0 Å². The highest BCUT2D eigenvalue weighted by atomic mass is 16.6. The van der Waals surface area contributed by atoms with Gasteiger partial charge in [-0.3, -0.25) is 14.9 Å². The molecule has 5 heteroatoms. The fraction of sp³-hybridized carbons (Fsp3) is 0.118. The van der Waals surface area contributed by atoms with Crippen molar-refractivity contribution in [1.82, 2.24) is 4.98 Å². The topological polar surface area (TPSA) is 76.0 Å². The maximum atomic E-state index is 11.6. The third-order valence-corrected chi connectivity index (χ3v) is 3.74. The monoisotopic (exact) mass is 294 g/mol. The predicted octanol–water partition coefficient (Wildman–Crippen LogP) is 4.17. The Morgan fingerprint density at radius 2 is 1.95 bits per heavy atom. The molecule has 110 valence electrons. The number of aryl methyl sites for hydroxylation is 2. The van der Waals surface area contributed by atoms with E-state index in [1.165, 1.54) is 12.1 Å². The van der Waals surface area contributed by atoms with Gasteiger partial charge in [-0.1, -0.05) is 18.2 Å². The van der Waals surface area contributed by atoms with Gasteiger partial charge >= 0.3 is 0 Å². The van der Waals surface area contributed by atoms with Gasteiger partial charge in [0.1, 0.15) is 0 Å². The van der Waals surface area contributed by atoms with E-state index in [0.717, 1.165) is 28.3 Å². The molecule has 0 saturated carbocycles. The van der Waals surface area contributed by atoms with Gasteiger partial charge in [0.15, 0.2) is 6.29 Å². The summed E-state index contributed by atoms with van der Waals surface area (Å²) in [6.07, 6.45) is 0.801. The van der Waals surface area contributed by atoms with E-state index in [1.807, 2.05) is 26.0 Å². The number of nitrogens with one attached hydrogen (secondary N) is 1. The second-order valence-electron chi connectivity index (χ2n) is 5.34. The van der Waals surface area contributed by atoms with E-state index in [1.54, 1.807) is 12.1 Å². The Hall–Kier alpha value is -2.95. The normalized spacial score (nSPS) is 10.8. The average molecular weight is 294 g/mol. The number of nitro benzene ring substituents is 1. The second-order valence-corrected chi connectivity index (χ2v) is 5.34. The molecule has 3 rings (SSSR count). The minimum absolute atomic E-state index is 0.000840. The summed E-state index contributed by atoms with van der Waals surface area (Å²) in [4.78, 5) is 25.3. The van der Waals surface area contributed by atoms with Crippen LogP contribution >= 0.6 is 0 Å². The largest absolute Gasteiger partial charge is 0.354 e. The molecule has 0 radical (unpaired) electrons. The van der Waals surface area contributed by atoms with Crippen molar-refractivity contribution in [1.29, 1.82) is 0 Å². The third-order valence-electron chi connectivity index (χ3n) is 3.74. The van der Waals surface area contributed by atoms with Crippen LogP contribution in [0.15, 0.2) is 36.4 Å². The van der Waals surface area contributed by atoms with E-state index in [4.69, 9.17) is 0 Å². The van der Waals surface area contributed by atoms with E-state index in [2.05, 4.69) is 4.98 Å². The summed E-state index contributed by atoms with van der Waals surface area (Å²) in [5.74, 6) is 0. The molecule has 0 saturated heterocycles. The summed E-state index contributed by atoms with van der Waals surface area (Å²) < 4.78 is 0.